The summed E-state index contributed by atoms with van der Waals surface area (Å²) in [6.45, 7) is 3.85. The van der Waals surface area contributed by atoms with Crippen molar-refractivity contribution in [3.8, 4) is 0 Å². The minimum atomic E-state index is -0.283. The Bertz CT molecular complexity index is 771. The SMILES string of the molecule is O=C(c1ccn(C2CCCNC2)n1)N1CCNCC1c1cccc(F)c1. The van der Waals surface area contributed by atoms with E-state index in [0.717, 1.165) is 38.0 Å². The van der Waals surface area contributed by atoms with Gasteiger partial charge in [0.2, 0.25) is 0 Å². The van der Waals surface area contributed by atoms with Crippen molar-refractivity contribution in [2.24, 2.45) is 0 Å². The minimum Gasteiger partial charge on any atom is -0.328 e. The molecule has 7 heteroatoms. The van der Waals surface area contributed by atoms with Gasteiger partial charge in [0.1, 0.15) is 11.5 Å². The molecule has 2 saturated heterocycles. The van der Waals surface area contributed by atoms with Crippen molar-refractivity contribution in [1.29, 1.82) is 0 Å². The summed E-state index contributed by atoms with van der Waals surface area (Å²) < 4.78 is 15.5. The molecule has 1 aromatic heterocycles. The van der Waals surface area contributed by atoms with Crippen LogP contribution >= 0.6 is 0 Å². The summed E-state index contributed by atoms with van der Waals surface area (Å²) >= 11 is 0. The Balaban J connectivity index is 1.54. The monoisotopic (exact) mass is 357 g/mol. The zero-order chi connectivity index (χ0) is 17.9. The molecule has 6 nitrogen and oxygen atoms in total. The number of halogens is 1. The maximum atomic E-state index is 13.6. The van der Waals surface area contributed by atoms with E-state index in [9.17, 15) is 9.18 Å². The molecular weight excluding hydrogens is 333 g/mol. The smallest absolute Gasteiger partial charge is 0.274 e. The first-order valence-corrected chi connectivity index (χ1v) is 9.25. The quantitative estimate of drug-likeness (QED) is 0.878. The minimum absolute atomic E-state index is 0.0942. The first-order chi connectivity index (χ1) is 12.7. The van der Waals surface area contributed by atoms with Gasteiger partial charge in [-0.15, -0.1) is 0 Å². The number of carbonyl (C=O) groups is 1. The van der Waals surface area contributed by atoms with Crippen LogP contribution in [0.4, 0.5) is 4.39 Å². The topological polar surface area (TPSA) is 62.2 Å². The molecule has 2 aromatic rings. The highest BCUT2D eigenvalue weighted by molar-refractivity contribution is 5.92. The maximum Gasteiger partial charge on any atom is 0.274 e. The summed E-state index contributed by atoms with van der Waals surface area (Å²) in [4.78, 5) is 14.9. The number of hydrogen-bond acceptors (Lipinski definition) is 4. The standard InChI is InChI=1S/C19H24FN5O/c20-15-4-1-3-14(11-15)18-13-22-8-10-24(18)19(26)17-6-9-25(23-17)16-5-2-7-21-12-16/h1,3-4,6,9,11,16,18,21-22H,2,5,7-8,10,12-13H2. The molecule has 2 unspecified atom stereocenters. The second kappa shape index (κ2) is 7.55. The highest BCUT2D eigenvalue weighted by atomic mass is 19.1. The molecule has 0 radical (unpaired) electrons. The third kappa shape index (κ3) is 3.50. The number of nitrogens with one attached hydrogen (secondary N) is 2. The molecule has 2 aliphatic rings. The molecule has 0 bridgehead atoms. The lowest BCUT2D eigenvalue weighted by Gasteiger charge is -2.36. The van der Waals surface area contributed by atoms with E-state index in [1.807, 2.05) is 16.9 Å². The van der Waals surface area contributed by atoms with Gasteiger partial charge in [-0.3, -0.25) is 9.48 Å². The average molecular weight is 357 g/mol. The molecule has 3 heterocycles. The van der Waals surface area contributed by atoms with E-state index < -0.39 is 0 Å². The molecule has 1 aromatic carbocycles. The van der Waals surface area contributed by atoms with E-state index in [4.69, 9.17) is 0 Å². The molecule has 0 aliphatic carbocycles. The van der Waals surface area contributed by atoms with Gasteiger partial charge in [0, 0.05) is 32.4 Å². The van der Waals surface area contributed by atoms with Crippen LogP contribution in [0.5, 0.6) is 0 Å². The highest BCUT2D eigenvalue weighted by Crippen LogP contribution is 2.25. The van der Waals surface area contributed by atoms with Crippen molar-refractivity contribution in [2.45, 2.75) is 24.9 Å². The van der Waals surface area contributed by atoms with Crippen LogP contribution in [0.3, 0.4) is 0 Å². The van der Waals surface area contributed by atoms with E-state index in [1.165, 1.54) is 12.1 Å². The Morgan fingerprint density at radius 1 is 1.19 bits per heavy atom. The van der Waals surface area contributed by atoms with Gasteiger partial charge in [-0.25, -0.2) is 4.39 Å². The van der Waals surface area contributed by atoms with E-state index in [0.29, 0.717) is 24.8 Å². The lowest BCUT2D eigenvalue weighted by atomic mass is 10.0. The first-order valence-electron chi connectivity index (χ1n) is 9.25. The number of rotatable bonds is 3. The van der Waals surface area contributed by atoms with Gasteiger partial charge in [0.15, 0.2) is 0 Å². The van der Waals surface area contributed by atoms with Crippen LogP contribution in [0.25, 0.3) is 0 Å². The largest absolute Gasteiger partial charge is 0.328 e. The number of aromatic nitrogens is 2. The number of benzene rings is 1. The van der Waals surface area contributed by atoms with Crippen LogP contribution in [0.2, 0.25) is 0 Å². The summed E-state index contributed by atoms with van der Waals surface area (Å²) in [6.07, 6.45) is 4.08. The van der Waals surface area contributed by atoms with Crippen LogP contribution in [0, 0.1) is 5.82 Å². The third-order valence-corrected chi connectivity index (χ3v) is 5.21. The molecule has 1 amide bonds. The Morgan fingerprint density at radius 2 is 2.08 bits per heavy atom. The molecule has 138 valence electrons. The van der Waals surface area contributed by atoms with Gasteiger partial charge in [0.05, 0.1) is 12.1 Å². The van der Waals surface area contributed by atoms with Crippen LogP contribution < -0.4 is 10.6 Å². The molecule has 2 atom stereocenters. The zero-order valence-corrected chi connectivity index (χ0v) is 14.7. The van der Waals surface area contributed by atoms with Gasteiger partial charge in [0.25, 0.3) is 5.91 Å². The molecule has 0 saturated carbocycles. The predicted molar refractivity (Wildman–Crippen MR) is 96.4 cm³/mol. The fraction of sp³-hybridized carbons (Fsp3) is 0.474. The van der Waals surface area contributed by atoms with Crippen molar-refractivity contribution in [3.63, 3.8) is 0 Å². The van der Waals surface area contributed by atoms with Crippen molar-refractivity contribution in [3.05, 3.63) is 53.6 Å². The molecule has 4 rings (SSSR count). The molecule has 2 fully saturated rings. The van der Waals surface area contributed by atoms with Crippen molar-refractivity contribution in [1.82, 2.24) is 25.3 Å². The van der Waals surface area contributed by atoms with Gasteiger partial charge in [-0.2, -0.15) is 5.10 Å². The van der Waals surface area contributed by atoms with Crippen molar-refractivity contribution < 1.29 is 9.18 Å². The van der Waals surface area contributed by atoms with E-state index >= 15 is 0 Å². The number of carbonyl (C=O) groups excluding carboxylic acids is 1. The number of nitrogens with zero attached hydrogens (tertiary/aromatic N) is 3. The normalized spacial score (nSPS) is 23.8. The Kier molecular flexibility index (Phi) is 4.99. The lowest BCUT2D eigenvalue weighted by Crippen LogP contribution is -2.48. The zero-order valence-electron chi connectivity index (χ0n) is 14.7. The summed E-state index contributed by atoms with van der Waals surface area (Å²) in [5.74, 6) is -0.377. The van der Waals surface area contributed by atoms with Crippen molar-refractivity contribution >= 4 is 5.91 Å². The maximum absolute atomic E-state index is 13.6. The molecular formula is C19H24FN5O. The molecule has 2 aliphatic heterocycles. The number of piperidine rings is 1. The summed E-state index contributed by atoms with van der Waals surface area (Å²) in [6, 6.07) is 8.39. The van der Waals surface area contributed by atoms with Crippen LogP contribution in [0.15, 0.2) is 36.5 Å². The van der Waals surface area contributed by atoms with Crippen LogP contribution in [0.1, 0.15) is 41.0 Å². The lowest BCUT2D eigenvalue weighted by molar-refractivity contribution is 0.0626. The fourth-order valence-electron chi connectivity index (χ4n) is 3.82. The second-order valence-corrected chi connectivity index (χ2v) is 6.95. The summed E-state index contributed by atoms with van der Waals surface area (Å²) in [5, 5.41) is 11.2. The fourth-order valence-corrected chi connectivity index (χ4v) is 3.82. The predicted octanol–water partition coefficient (Wildman–Crippen LogP) is 1.73. The van der Waals surface area contributed by atoms with Gasteiger partial charge in [-0.05, 0) is 43.1 Å². The van der Waals surface area contributed by atoms with E-state index in [1.54, 1.807) is 17.0 Å². The molecule has 0 spiro atoms. The molecule has 2 N–H and O–H groups in total. The second-order valence-electron chi connectivity index (χ2n) is 6.95. The van der Waals surface area contributed by atoms with Gasteiger partial charge >= 0.3 is 0 Å². The Morgan fingerprint density at radius 3 is 2.88 bits per heavy atom. The van der Waals surface area contributed by atoms with E-state index in [2.05, 4.69) is 15.7 Å². The van der Waals surface area contributed by atoms with Crippen LogP contribution in [-0.4, -0.2) is 53.3 Å². The number of hydrogen-bond donors (Lipinski definition) is 2. The summed E-state index contributed by atoms with van der Waals surface area (Å²) in [7, 11) is 0. The Hall–Kier alpha value is -2.25. The van der Waals surface area contributed by atoms with Gasteiger partial charge in [-0.1, -0.05) is 12.1 Å². The third-order valence-electron chi connectivity index (χ3n) is 5.21. The molecule has 26 heavy (non-hydrogen) atoms. The average Bonchev–Trinajstić information content (AvgIpc) is 3.18. The highest BCUT2D eigenvalue weighted by Gasteiger charge is 2.30. The van der Waals surface area contributed by atoms with Crippen LogP contribution in [-0.2, 0) is 0 Å². The van der Waals surface area contributed by atoms with Crippen molar-refractivity contribution in [2.75, 3.05) is 32.7 Å². The first kappa shape index (κ1) is 17.2. The number of piperazine rings is 1. The van der Waals surface area contributed by atoms with Gasteiger partial charge < -0.3 is 15.5 Å². The Labute approximate surface area is 152 Å². The number of amides is 1. The van der Waals surface area contributed by atoms with E-state index in [-0.39, 0.29) is 17.8 Å². The summed E-state index contributed by atoms with van der Waals surface area (Å²) in [5.41, 5.74) is 1.26.